The van der Waals surface area contributed by atoms with Crippen molar-refractivity contribution in [1.29, 1.82) is 0 Å². The summed E-state index contributed by atoms with van der Waals surface area (Å²) in [5.41, 5.74) is 7.21. The number of hydrogen-bond donors (Lipinski definition) is 3. The van der Waals surface area contributed by atoms with Crippen molar-refractivity contribution in [2.24, 2.45) is 11.7 Å². The molecule has 0 saturated heterocycles. The first-order valence-electron chi connectivity index (χ1n) is 5.79. The largest absolute Gasteiger partial charge is 0.392 e. The molecule has 17 heavy (non-hydrogen) atoms. The molecule has 0 spiro atoms. The van der Waals surface area contributed by atoms with E-state index < -0.39 is 6.04 Å². The van der Waals surface area contributed by atoms with Crippen molar-refractivity contribution in [1.82, 2.24) is 0 Å². The second kappa shape index (κ2) is 6.37. The third-order valence-electron chi connectivity index (χ3n) is 2.44. The molecule has 0 aliphatic rings. The Balaban J connectivity index is 2.61. The summed E-state index contributed by atoms with van der Waals surface area (Å²) < 4.78 is 0. The summed E-state index contributed by atoms with van der Waals surface area (Å²) in [5.74, 6) is 0.202. The zero-order valence-corrected chi connectivity index (χ0v) is 10.3. The fourth-order valence-corrected chi connectivity index (χ4v) is 1.60. The van der Waals surface area contributed by atoms with E-state index in [1.807, 2.05) is 13.8 Å². The Kier molecular flexibility index (Phi) is 5.12. The maximum absolute atomic E-state index is 11.7. The average Bonchev–Trinajstić information content (AvgIpc) is 2.28. The number of rotatable bonds is 5. The number of nitrogens with two attached hydrogens (primary N) is 1. The van der Waals surface area contributed by atoms with E-state index >= 15 is 0 Å². The minimum absolute atomic E-state index is 0.0399. The second-order valence-electron chi connectivity index (χ2n) is 4.58. The number of aliphatic hydroxyl groups is 1. The number of carbonyl (C=O) groups is 1. The molecular weight excluding hydrogens is 216 g/mol. The SMILES string of the molecule is CC(C)CC(N)C(=O)Nc1cccc(CO)c1. The van der Waals surface area contributed by atoms with Gasteiger partial charge in [-0.15, -0.1) is 0 Å². The van der Waals surface area contributed by atoms with E-state index in [0.717, 1.165) is 5.56 Å². The fourth-order valence-electron chi connectivity index (χ4n) is 1.60. The summed E-state index contributed by atoms with van der Waals surface area (Å²) in [6, 6.07) is 6.60. The summed E-state index contributed by atoms with van der Waals surface area (Å²) >= 11 is 0. The van der Waals surface area contributed by atoms with Crippen LogP contribution in [0.15, 0.2) is 24.3 Å². The van der Waals surface area contributed by atoms with Gasteiger partial charge in [-0.25, -0.2) is 0 Å². The van der Waals surface area contributed by atoms with Crippen LogP contribution in [-0.2, 0) is 11.4 Å². The lowest BCUT2D eigenvalue weighted by Gasteiger charge is -2.14. The van der Waals surface area contributed by atoms with Crippen LogP contribution in [0.5, 0.6) is 0 Å². The molecule has 1 atom stereocenters. The smallest absolute Gasteiger partial charge is 0.241 e. The van der Waals surface area contributed by atoms with E-state index in [-0.39, 0.29) is 12.5 Å². The number of amides is 1. The molecular formula is C13H20N2O2. The predicted octanol–water partition coefficient (Wildman–Crippen LogP) is 1.49. The molecule has 1 unspecified atom stereocenters. The molecule has 1 amide bonds. The molecule has 0 aliphatic carbocycles. The van der Waals surface area contributed by atoms with Crippen LogP contribution in [0.3, 0.4) is 0 Å². The Bertz CT molecular complexity index is 377. The highest BCUT2D eigenvalue weighted by molar-refractivity contribution is 5.94. The van der Waals surface area contributed by atoms with Crippen molar-refractivity contribution in [3.05, 3.63) is 29.8 Å². The van der Waals surface area contributed by atoms with Crippen LogP contribution in [0, 0.1) is 5.92 Å². The highest BCUT2D eigenvalue weighted by Crippen LogP contribution is 2.12. The van der Waals surface area contributed by atoms with Gasteiger partial charge in [0, 0.05) is 5.69 Å². The maximum atomic E-state index is 11.7. The van der Waals surface area contributed by atoms with Crippen LogP contribution in [-0.4, -0.2) is 17.1 Å². The van der Waals surface area contributed by atoms with E-state index in [2.05, 4.69) is 5.32 Å². The Labute approximate surface area is 102 Å². The van der Waals surface area contributed by atoms with E-state index in [9.17, 15) is 4.79 Å². The van der Waals surface area contributed by atoms with Gasteiger partial charge < -0.3 is 16.2 Å². The van der Waals surface area contributed by atoms with E-state index in [1.54, 1.807) is 24.3 Å². The summed E-state index contributed by atoms with van der Waals surface area (Å²) in [6.07, 6.45) is 0.658. The highest BCUT2D eigenvalue weighted by Gasteiger charge is 2.14. The zero-order valence-electron chi connectivity index (χ0n) is 10.3. The van der Waals surface area contributed by atoms with Crippen molar-refractivity contribution in [3.63, 3.8) is 0 Å². The summed E-state index contributed by atoms with van der Waals surface area (Å²) in [7, 11) is 0. The number of aliphatic hydroxyl groups excluding tert-OH is 1. The van der Waals surface area contributed by atoms with Gasteiger partial charge in [-0.3, -0.25) is 4.79 Å². The minimum atomic E-state index is -0.493. The molecule has 0 fully saturated rings. The van der Waals surface area contributed by atoms with Crippen LogP contribution >= 0.6 is 0 Å². The van der Waals surface area contributed by atoms with Crippen molar-refractivity contribution in [3.8, 4) is 0 Å². The van der Waals surface area contributed by atoms with Crippen molar-refractivity contribution < 1.29 is 9.90 Å². The molecule has 0 radical (unpaired) electrons. The second-order valence-corrected chi connectivity index (χ2v) is 4.58. The normalized spacial score (nSPS) is 12.5. The summed E-state index contributed by atoms with van der Waals surface area (Å²) in [4.78, 5) is 11.7. The summed E-state index contributed by atoms with van der Waals surface area (Å²) in [6.45, 7) is 4.01. The van der Waals surface area contributed by atoms with Gasteiger partial charge in [-0.2, -0.15) is 0 Å². The number of nitrogens with one attached hydrogen (secondary N) is 1. The predicted molar refractivity (Wildman–Crippen MR) is 68.4 cm³/mol. The van der Waals surface area contributed by atoms with Crippen molar-refractivity contribution in [2.75, 3.05) is 5.32 Å². The molecule has 1 aromatic carbocycles. The molecule has 0 saturated carbocycles. The number of hydrogen-bond acceptors (Lipinski definition) is 3. The number of anilines is 1. The fraction of sp³-hybridized carbons (Fsp3) is 0.462. The lowest BCUT2D eigenvalue weighted by Crippen LogP contribution is -2.36. The van der Waals surface area contributed by atoms with Gasteiger partial charge in [0.25, 0.3) is 0 Å². The van der Waals surface area contributed by atoms with Gasteiger partial charge in [0.1, 0.15) is 0 Å². The third kappa shape index (κ3) is 4.54. The lowest BCUT2D eigenvalue weighted by atomic mass is 10.0. The molecule has 4 nitrogen and oxygen atoms in total. The van der Waals surface area contributed by atoms with Gasteiger partial charge in [0.15, 0.2) is 0 Å². The molecule has 0 bridgehead atoms. The van der Waals surface area contributed by atoms with Crippen LogP contribution in [0.2, 0.25) is 0 Å². The third-order valence-corrected chi connectivity index (χ3v) is 2.44. The first-order valence-corrected chi connectivity index (χ1v) is 5.79. The van der Waals surface area contributed by atoms with E-state index in [1.165, 1.54) is 0 Å². The van der Waals surface area contributed by atoms with Gasteiger partial charge >= 0.3 is 0 Å². The minimum Gasteiger partial charge on any atom is -0.392 e. The Morgan fingerprint density at radius 1 is 1.47 bits per heavy atom. The molecule has 0 aliphatic heterocycles. The molecule has 0 aromatic heterocycles. The molecule has 1 rings (SSSR count). The molecule has 4 heteroatoms. The Morgan fingerprint density at radius 3 is 2.76 bits per heavy atom. The van der Waals surface area contributed by atoms with Crippen LogP contribution in [0.4, 0.5) is 5.69 Å². The Hall–Kier alpha value is -1.39. The van der Waals surface area contributed by atoms with E-state index in [0.29, 0.717) is 18.0 Å². The first-order chi connectivity index (χ1) is 8.02. The highest BCUT2D eigenvalue weighted by atomic mass is 16.3. The monoisotopic (exact) mass is 236 g/mol. The van der Waals surface area contributed by atoms with Gasteiger partial charge in [0.2, 0.25) is 5.91 Å². The van der Waals surface area contributed by atoms with Crippen LogP contribution in [0.25, 0.3) is 0 Å². The summed E-state index contributed by atoms with van der Waals surface area (Å²) in [5, 5.41) is 11.7. The standard InChI is InChI=1S/C13H20N2O2/c1-9(2)6-12(14)13(17)15-11-5-3-4-10(7-11)8-16/h3-5,7,9,12,16H,6,8,14H2,1-2H3,(H,15,17). The molecule has 94 valence electrons. The zero-order chi connectivity index (χ0) is 12.8. The molecule has 4 N–H and O–H groups in total. The first kappa shape index (κ1) is 13.7. The maximum Gasteiger partial charge on any atom is 0.241 e. The lowest BCUT2D eigenvalue weighted by molar-refractivity contribution is -0.117. The van der Waals surface area contributed by atoms with E-state index in [4.69, 9.17) is 10.8 Å². The van der Waals surface area contributed by atoms with Crippen LogP contribution in [0.1, 0.15) is 25.8 Å². The van der Waals surface area contributed by atoms with Crippen molar-refractivity contribution >= 4 is 11.6 Å². The van der Waals surface area contributed by atoms with Gasteiger partial charge in [-0.1, -0.05) is 26.0 Å². The number of benzene rings is 1. The van der Waals surface area contributed by atoms with Gasteiger partial charge in [0.05, 0.1) is 12.6 Å². The molecule has 0 heterocycles. The number of carbonyl (C=O) groups excluding carboxylic acids is 1. The Morgan fingerprint density at radius 2 is 2.18 bits per heavy atom. The van der Waals surface area contributed by atoms with Crippen molar-refractivity contribution in [2.45, 2.75) is 32.9 Å². The average molecular weight is 236 g/mol. The van der Waals surface area contributed by atoms with Gasteiger partial charge in [-0.05, 0) is 30.0 Å². The quantitative estimate of drug-likeness (QED) is 0.725. The molecule has 1 aromatic rings. The van der Waals surface area contributed by atoms with Crippen LogP contribution < -0.4 is 11.1 Å². The topological polar surface area (TPSA) is 75.4 Å².